The van der Waals surface area contributed by atoms with Gasteiger partial charge in [0.05, 0.1) is 30.8 Å². The highest BCUT2D eigenvalue weighted by Gasteiger charge is 2.53. The second-order valence-electron chi connectivity index (χ2n) is 9.52. The summed E-state index contributed by atoms with van der Waals surface area (Å²) in [6.45, 7) is 11.9. The van der Waals surface area contributed by atoms with Crippen LogP contribution in [0, 0.1) is 5.41 Å². The van der Waals surface area contributed by atoms with E-state index in [1.54, 1.807) is 23.8 Å². The molecule has 29 heavy (non-hydrogen) atoms. The van der Waals surface area contributed by atoms with Crippen molar-refractivity contribution in [1.29, 1.82) is 0 Å². The average molecular weight is 412 g/mol. The topological polar surface area (TPSA) is 114 Å². The molecule has 166 valence electrons. The van der Waals surface area contributed by atoms with E-state index in [-0.39, 0.29) is 36.5 Å². The normalized spacial score (nSPS) is 26.3. The molecule has 2 aliphatic rings. The van der Waals surface area contributed by atoms with Crippen molar-refractivity contribution < 1.29 is 19.5 Å². The highest BCUT2D eigenvalue weighted by molar-refractivity contribution is 5.90. The van der Waals surface area contributed by atoms with E-state index in [4.69, 9.17) is 0 Å². The van der Waals surface area contributed by atoms with E-state index < -0.39 is 29.6 Å². The van der Waals surface area contributed by atoms with Gasteiger partial charge in [-0.25, -0.2) is 4.79 Å². The molecule has 0 aromatic rings. The van der Waals surface area contributed by atoms with Crippen LogP contribution in [0.3, 0.4) is 0 Å². The van der Waals surface area contributed by atoms with Crippen molar-refractivity contribution >= 4 is 17.8 Å². The summed E-state index contributed by atoms with van der Waals surface area (Å²) in [5.74, 6) is -0.465. The van der Waals surface area contributed by atoms with E-state index >= 15 is 0 Å². The first kappa shape index (κ1) is 23.4. The van der Waals surface area contributed by atoms with E-state index in [0.29, 0.717) is 13.0 Å². The van der Waals surface area contributed by atoms with Crippen LogP contribution in [-0.4, -0.2) is 89.2 Å². The molecule has 5 atom stereocenters. The number of likely N-dealkylation sites (N-methyl/N-ethyl adjacent to an activating group) is 1. The first-order valence-corrected chi connectivity index (χ1v) is 10.4. The summed E-state index contributed by atoms with van der Waals surface area (Å²) >= 11 is 0. The molecule has 5 unspecified atom stereocenters. The number of urea groups is 1. The molecule has 9 nitrogen and oxygen atoms in total. The minimum absolute atomic E-state index is 0.00696. The number of hydrogen-bond donors (Lipinski definition) is 4. The van der Waals surface area contributed by atoms with Crippen molar-refractivity contribution in [3.05, 3.63) is 0 Å². The lowest BCUT2D eigenvalue weighted by Gasteiger charge is -2.36. The fourth-order valence-electron chi connectivity index (χ4n) is 4.08. The highest BCUT2D eigenvalue weighted by Crippen LogP contribution is 2.34. The summed E-state index contributed by atoms with van der Waals surface area (Å²) < 4.78 is 0. The number of likely N-dealkylation sites (tertiary alicyclic amines) is 2. The Morgan fingerprint density at radius 3 is 2.21 bits per heavy atom. The number of nitrogens with one attached hydrogen (secondary N) is 3. The van der Waals surface area contributed by atoms with E-state index in [1.165, 1.54) is 0 Å². The molecule has 2 saturated heterocycles. The molecule has 2 rings (SSSR count). The molecule has 2 heterocycles. The summed E-state index contributed by atoms with van der Waals surface area (Å²) in [4.78, 5) is 41.7. The number of aliphatic hydroxyl groups is 1. The predicted molar refractivity (Wildman–Crippen MR) is 110 cm³/mol. The van der Waals surface area contributed by atoms with Crippen molar-refractivity contribution in [3.8, 4) is 0 Å². The van der Waals surface area contributed by atoms with Gasteiger partial charge in [-0.05, 0) is 39.7 Å². The Labute approximate surface area is 173 Å². The molecule has 0 bridgehead atoms. The Balaban J connectivity index is 2.19. The van der Waals surface area contributed by atoms with Crippen LogP contribution in [-0.2, 0) is 9.59 Å². The van der Waals surface area contributed by atoms with Gasteiger partial charge in [-0.15, -0.1) is 0 Å². The maximum absolute atomic E-state index is 13.4. The number of β-amino-alcohol motifs (C(OH)–C–C–N with tert-alkyl or cyclic N) is 1. The predicted octanol–water partition coefficient (Wildman–Crippen LogP) is -0.111. The third-order valence-electron chi connectivity index (χ3n) is 5.78. The molecule has 0 spiro atoms. The monoisotopic (exact) mass is 411 g/mol. The summed E-state index contributed by atoms with van der Waals surface area (Å²) in [5, 5.41) is 19.3. The van der Waals surface area contributed by atoms with Gasteiger partial charge in [0.15, 0.2) is 0 Å². The molecule has 0 radical (unpaired) electrons. The Morgan fingerprint density at radius 2 is 1.69 bits per heavy atom. The van der Waals surface area contributed by atoms with Gasteiger partial charge in [0.25, 0.3) is 0 Å². The molecule has 9 heteroatoms. The van der Waals surface area contributed by atoms with Crippen LogP contribution >= 0.6 is 0 Å². The zero-order valence-electron chi connectivity index (χ0n) is 18.7. The second-order valence-corrected chi connectivity index (χ2v) is 9.52. The van der Waals surface area contributed by atoms with Gasteiger partial charge in [0.1, 0.15) is 6.04 Å². The number of hydrogen-bond acceptors (Lipinski definition) is 5. The standard InChI is InChI=1S/C20H37N5O4/c1-11(2)22-19(29)25-10-14(26)15-13(25)8-9-24(15)18(28)16(20(4,5)6)23-17(27)12(3)21-7/h11-16,21,26H,8-10H2,1-7H3,(H,22,29)(H,23,27). The molecule has 2 aliphatic heterocycles. The summed E-state index contributed by atoms with van der Waals surface area (Å²) in [5.41, 5.74) is -0.503. The molecule has 0 aliphatic carbocycles. The maximum Gasteiger partial charge on any atom is 0.318 e. The van der Waals surface area contributed by atoms with Crippen molar-refractivity contribution in [1.82, 2.24) is 25.8 Å². The maximum atomic E-state index is 13.4. The van der Waals surface area contributed by atoms with Gasteiger partial charge in [0, 0.05) is 12.6 Å². The van der Waals surface area contributed by atoms with E-state index in [9.17, 15) is 19.5 Å². The number of aliphatic hydroxyl groups excluding tert-OH is 1. The smallest absolute Gasteiger partial charge is 0.318 e. The van der Waals surface area contributed by atoms with Gasteiger partial charge in [-0.3, -0.25) is 9.59 Å². The quantitative estimate of drug-likeness (QED) is 0.504. The minimum Gasteiger partial charge on any atom is -0.389 e. The SMILES string of the molecule is CNC(C)C(=O)NC(C(=O)N1CCC2C1C(O)CN2C(=O)NC(C)C)C(C)(C)C. The van der Waals surface area contributed by atoms with Crippen molar-refractivity contribution in [2.75, 3.05) is 20.1 Å². The first-order chi connectivity index (χ1) is 13.4. The Bertz CT molecular complexity index is 633. The highest BCUT2D eigenvalue weighted by atomic mass is 16.3. The van der Waals surface area contributed by atoms with E-state index in [0.717, 1.165) is 0 Å². The van der Waals surface area contributed by atoms with Crippen molar-refractivity contribution in [2.24, 2.45) is 5.41 Å². The summed E-state index contributed by atoms with van der Waals surface area (Å²) in [6, 6.07) is -2.05. The molecular formula is C20H37N5O4. The van der Waals surface area contributed by atoms with E-state index in [1.807, 2.05) is 34.6 Å². The number of amides is 4. The fraction of sp³-hybridized carbons (Fsp3) is 0.850. The molecule has 2 fully saturated rings. The summed E-state index contributed by atoms with van der Waals surface area (Å²) in [7, 11) is 1.69. The molecule has 4 amide bonds. The number of fused-ring (bicyclic) bond motifs is 1. The summed E-state index contributed by atoms with van der Waals surface area (Å²) in [6.07, 6.45) is -0.201. The van der Waals surface area contributed by atoms with Crippen molar-refractivity contribution in [3.63, 3.8) is 0 Å². The minimum atomic E-state index is -0.808. The number of rotatable bonds is 5. The first-order valence-electron chi connectivity index (χ1n) is 10.4. The van der Waals surface area contributed by atoms with Crippen LogP contribution in [0.25, 0.3) is 0 Å². The molecule has 0 aromatic carbocycles. The second kappa shape index (κ2) is 8.87. The van der Waals surface area contributed by atoms with Crippen LogP contribution in [0.2, 0.25) is 0 Å². The molecule has 4 N–H and O–H groups in total. The largest absolute Gasteiger partial charge is 0.389 e. The molecule has 0 saturated carbocycles. The zero-order chi connectivity index (χ0) is 22.1. The Morgan fingerprint density at radius 1 is 1.07 bits per heavy atom. The van der Waals surface area contributed by atoms with Gasteiger partial charge < -0.3 is 30.9 Å². The molecule has 0 aromatic heterocycles. The fourth-order valence-corrected chi connectivity index (χ4v) is 4.08. The van der Waals surface area contributed by atoms with Crippen LogP contribution in [0.5, 0.6) is 0 Å². The van der Waals surface area contributed by atoms with Gasteiger partial charge >= 0.3 is 6.03 Å². The zero-order valence-corrected chi connectivity index (χ0v) is 18.7. The molecular weight excluding hydrogens is 374 g/mol. The third-order valence-corrected chi connectivity index (χ3v) is 5.78. The van der Waals surface area contributed by atoms with Crippen LogP contribution in [0.15, 0.2) is 0 Å². The lowest BCUT2D eigenvalue weighted by atomic mass is 9.85. The third kappa shape index (κ3) is 5.01. The van der Waals surface area contributed by atoms with Crippen LogP contribution in [0.4, 0.5) is 4.79 Å². The van der Waals surface area contributed by atoms with Gasteiger partial charge in [-0.2, -0.15) is 0 Å². The van der Waals surface area contributed by atoms with Crippen molar-refractivity contribution in [2.45, 2.75) is 84.3 Å². The lowest BCUT2D eigenvalue weighted by molar-refractivity contribution is -0.141. The number of carbonyl (C=O) groups excluding carboxylic acids is 3. The van der Waals surface area contributed by atoms with Gasteiger partial charge in [0.2, 0.25) is 11.8 Å². The van der Waals surface area contributed by atoms with Crippen LogP contribution < -0.4 is 16.0 Å². The Hall–Kier alpha value is -1.87. The van der Waals surface area contributed by atoms with Crippen LogP contribution in [0.1, 0.15) is 48.0 Å². The number of nitrogens with zero attached hydrogens (tertiary/aromatic N) is 2. The van der Waals surface area contributed by atoms with Gasteiger partial charge in [-0.1, -0.05) is 20.8 Å². The number of carbonyl (C=O) groups is 3. The lowest BCUT2D eigenvalue weighted by Crippen LogP contribution is -2.59. The Kier molecular flexibility index (Phi) is 7.16. The average Bonchev–Trinajstić information content (AvgIpc) is 3.18. The van der Waals surface area contributed by atoms with E-state index in [2.05, 4.69) is 16.0 Å².